The third-order valence-electron chi connectivity index (χ3n) is 5.34. The summed E-state index contributed by atoms with van der Waals surface area (Å²) >= 11 is 0. The third-order valence-corrected chi connectivity index (χ3v) is 5.34. The number of hydrogen-bond acceptors (Lipinski definition) is 4. The van der Waals surface area contributed by atoms with E-state index in [0.717, 1.165) is 22.5 Å². The minimum absolute atomic E-state index is 0.0426. The Labute approximate surface area is 175 Å². The summed E-state index contributed by atoms with van der Waals surface area (Å²) in [6, 6.07) is 13.3. The smallest absolute Gasteiger partial charge is 0.255 e. The van der Waals surface area contributed by atoms with Crippen molar-refractivity contribution in [2.45, 2.75) is 39.7 Å². The Morgan fingerprint density at radius 2 is 1.97 bits per heavy atom. The average Bonchev–Trinajstić information content (AvgIpc) is 3.32. The summed E-state index contributed by atoms with van der Waals surface area (Å²) in [7, 11) is 0. The van der Waals surface area contributed by atoms with Crippen LogP contribution in [0.25, 0.3) is 0 Å². The second-order valence-electron chi connectivity index (χ2n) is 7.96. The standard InChI is InChI=1S/C23H25N5O2/c1-14(2)28-13-24-22(26-28)20-12-27(16(4)29)21-9-8-17(11-19(20)21)23(30)25-18-7-5-6-15(3)10-18/h5-11,13-14,20H,12H2,1-4H3,(H,25,30)/t20-/m0/s1. The van der Waals surface area contributed by atoms with E-state index in [9.17, 15) is 9.59 Å². The molecule has 0 spiro atoms. The first kappa shape index (κ1) is 19.8. The van der Waals surface area contributed by atoms with Gasteiger partial charge in [-0.05, 0) is 62.2 Å². The normalized spacial score (nSPS) is 15.4. The average molecular weight is 403 g/mol. The lowest BCUT2D eigenvalue weighted by atomic mass is 9.98. The lowest BCUT2D eigenvalue weighted by Gasteiger charge is -2.15. The third kappa shape index (κ3) is 3.70. The number of benzene rings is 2. The van der Waals surface area contributed by atoms with Crippen LogP contribution in [0.3, 0.4) is 0 Å². The molecule has 0 fully saturated rings. The molecule has 1 N–H and O–H groups in total. The Bertz CT molecular complexity index is 1120. The largest absolute Gasteiger partial charge is 0.322 e. The first-order chi connectivity index (χ1) is 14.3. The molecular formula is C23H25N5O2. The molecule has 0 saturated heterocycles. The molecule has 4 rings (SSSR count). The zero-order chi connectivity index (χ0) is 21.4. The second-order valence-corrected chi connectivity index (χ2v) is 7.96. The van der Waals surface area contributed by atoms with Gasteiger partial charge in [0, 0.05) is 36.4 Å². The maximum absolute atomic E-state index is 12.9. The van der Waals surface area contributed by atoms with Gasteiger partial charge in [0.1, 0.15) is 6.33 Å². The Morgan fingerprint density at radius 1 is 1.17 bits per heavy atom. The second kappa shape index (κ2) is 7.74. The molecule has 0 bridgehead atoms. The van der Waals surface area contributed by atoms with Crippen molar-refractivity contribution in [3.8, 4) is 0 Å². The van der Waals surface area contributed by atoms with Crippen molar-refractivity contribution < 1.29 is 9.59 Å². The van der Waals surface area contributed by atoms with Crippen LogP contribution in [-0.4, -0.2) is 33.1 Å². The zero-order valence-electron chi connectivity index (χ0n) is 17.6. The SMILES string of the molecule is CC(=O)N1C[C@H](c2ncn(C(C)C)n2)c2cc(C(=O)Nc3cccc(C)c3)ccc21. The number of nitrogens with zero attached hydrogens (tertiary/aromatic N) is 4. The van der Waals surface area contributed by atoms with E-state index in [1.165, 1.54) is 0 Å². The summed E-state index contributed by atoms with van der Waals surface area (Å²) in [5.41, 5.74) is 4.06. The van der Waals surface area contributed by atoms with Gasteiger partial charge in [-0.2, -0.15) is 5.10 Å². The predicted octanol–water partition coefficient (Wildman–Crippen LogP) is 3.92. The number of amides is 2. The van der Waals surface area contributed by atoms with Crippen LogP contribution in [0.4, 0.5) is 11.4 Å². The highest BCUT2D eigenvalue weighted by Crippen LogP contribution is 2.39. The van der Waals surface area contributed by atoms with E-state index in [0.29, 0.717) is 17.9 Å². The number of nitrogens with one attached hydrogen (secondary N) is 1. The first-order valence-corrected chi connectivity index (χ1v) is 10.0. The van der Waals surface area contributed by atoms with Crippen LogP contribution >= 0.6 is 0 Å². The fourth-order valence-corrected chi connectivity index (χ4v) is 3.74. The predicted molar refractivity (Wildman–Crippen MR) is 116 cm³/mol. The quantitative estimate of drug-likeness (QED) is 0.716. The minimum Gasteiger partial charge on any atom is -0.322 e. The van der Waals surface area contributed by atoms with Gasteiger partial charge in [0.05, 0.1) is 5.92 Å². The molecule has 2 heterocycles. The molecule has 1 aromatic heterocycles. The van der Waals surface area contributed by atoms with Gasteiger partial charge in [0.15, 0.2) is 5.82 Å². The van der Waals surface area contributed by atoms with E-state index >= 15 is 0 Å². The fourth-order valence-electron chi connectivity index (χ4n) is 3.74. The highest BCUT2D eigenvalue weighted by molar-refractivity contribution is 6.05. The Kier molecular flexibility index (Phi) is 5.11. The fraction of sp³-hybridized carbons (Fsp3) is 0.304. The number of carbonyl (C=O) groups excluding carboxylic acids is 2. The zero-order valence-corrected chi connectivity index (χ0v) is 17.6. The Morgan fingerprint density at radius 3 is 2.63 bits per heavy atom. The van der Waals surface area contributed by atoms with Gasteiger partial charge in [-0.15, -0.1) is 0 Å². The van der Waals surface area contributed by atoms with E-state index in [1.807, 2.05) is 57.2 Å². The van der Waals surface area contributed by atoms with Gasteiger partial charge >= 0.3 is 0 Å². The van der Waals surface area contributed by atoms with Crippen LogP contribution in [0, 0.1) is 6.92 Å². The number of carbonyl (C=O) groups is 2. The molecule has 0 unspecified atom stereocenters. The van der Waals surface area contributed by atoms with Gasteiger partial charge in [0.2, 0.25) is 5.91 Å². The molecule has 1 aliphatic rings. The molecule has 3 aromatic rings. The van der Waals surface area contributed by atoms with E-state index in [2.05, 4.69) is 15.4 Å². The summed E-state index contributed by atoms with van der Waals surface area (Å²) in [5.74, 6) is 0.253. The van der Waals surface area contributed by atoms with Crippen molar-refractivity contribution >= 4 is 23.2 Å². The van der Waals surface area contributed by atoms with Crippen LogP contribution in [0.1, 0.15) is 60.0 Å². The van der Waals surface area contributed by atoms with E-state index in [1.54, 1.807) is 28.9 Å². The highest BCUT2D eigenvalue weighted by Gasteiger charge is 2.35. The summed E-state index contributed by atoms with van der Waals surface area (Å²) in [4.78, 5) is 31.2. The molecule has 30 heavy (non-hydrogen) atoms. The molecule has 2 aromatic carbocycles. The molecule has 1 atom stereocenters. The van der Waals surface area contributed by atoms with Crippen LogP contribution in [0.5, 0.6) is 0 Å². The number of aryl methyl sites for hydroxylation is 1. The monoisotopic (exact) mass is 403 g/mol. The molecule has 0 saturated carbocycles. The molecule has 0 radical (unpaired) electrons. The van der Waals surface area contributed by atoms with Crippen molar-refractivity contribution in [1.82, 2.24) is 14.8 Å². The van der Waals surface area contributed by atoms with Crippen LogP contribution in [-0.2, 0) is 4.79 Å². The van der Waals surface area contributed by atoms with E-state index in [4.69, 9.17) is 0 Å². The van der Waals surface area contributed by atoms with Crippen molar-refractivity contribution in [2.75, 3.05) is 16.8 Å². The number of aromatic nitrogens is 3. The van der Waals surface area contributed by atoms with Gasteiger partial charge in [-0.1, -0.05) is 12.1 Å². The molecular weight excluding hydrogens is 378 g/mol. The molecule has 2 amide bonds. The van der Waals surface area contributed by atoms with Crippen LogP contribution in [0.15, 0.2) is 48.8 Å². The summed E-state index contributed by atoms with van der Waals surface area (Å²) in [5, 5.41) is 7.55. The van der Waals surface area contributed by atoms with E-state index < -0.39 is 0 Å². The van der Waals surface area contributed by atoms with Crippen molar-refractivity contribution in [2.24, 2.45) is 0 Å². The first-order valence-electron chi connectivity index (χ1n) is 10.0. The Hall–Kier alpha value is -3.48. The lowest BCUT2D eigenvalue weighted by molar-refractivity contribution is -0.116. The lowest BCUT2D eigenvalue weighted by Crippen LogP contribution is -2.27. The maximum atomic E-state index is 12.9. The molecule has 7 heteroatoms. The van der Waals surface area contributed by atoms with Gasteiger partial charge in [-0.25, -0.2) is 4.98 Å². The van der Waals surface area contributed by atoms with Crippen LogP contribution in [0.2, 0.25) is 0 Å². The minimum atomic E-state index is -0.191. The number of fused-ring (bicyclic) bond motifs is 1. The number of rotatable bonds is 4. The Balaban J connectivity index is 1.68. The van der Waals surface area contributed by atoms with Gasteiger partial charge in [0.25, 0.3) is 5.91 Å². The highest BCUT2D eigenvalue weighted by atomic mass is 16.2. The van der Waals surface area contributed by atoms with E-state index in [-0.39, 0.29) is 23.8 Å². The number of hydrogen-bond donors (Lipinski definition) is 1. The number of anilines is 2. The summed E-state index contributed by atoms with van der Waals surface area (Å²) in [6.07, 6.45) is 1.71. The van der Waals surface area contributed by atoms with Crippen LogP contribution < -0.4 is 10.2 Å². The molecule has 1 aliphatic heterocycles. The molecule has 154 valence electrons. The summed E-state index contributed by atoms with van der Waals surface area (Å²) in [6.45, 7) is 8.07. The van der Waals surface area contributed by atoms with Crippen molar-refractivity contribution in [1.29, 1.82) is 0 Å². The molecule has 7 nitrogen and oxygen atoms in total. The molecule has 0 aliphatic carbocycles. The van der Waals surface area contributed by atoms with Gasteiger partial charge < -0.3 is 10.2 Å². The maximum Gasteiger partial charge on any atom is 0.255 e. The van der Waals surface area contributed by atoms with Crippen molar-refractivity contribution in [3.05, 3.63) is 71.3 Å². The van der Waals surface area contributed by atoms with Crippen molar-refractivity contribution in [3.63, 3.8) is 0 Å². The summed E-state index contributed by atoms with van der Waals surface area (Å²) < 4.78 is 1.81. The van der Waals surface area contributed by atoms with Gasteiger partial charge in [-0.3, -0.25) is 14.3 Å². The topological polar surface area (TPSA) is 80.1 Å².